The first-order valence-electron chi connectivity index (χ1n) is 6.96. The van der Waals surface area contributed by atoms with E-state index in [4.69, 9.17) is 16.3 Å². The summed E-state index contributed by atoms with van der Waals surface area (Å²) in [6.07, 6.45) is 0.922. The van der Waals surface area contributed by atoms with Gasteiger partial charge in [0.05, 0.1) is 12.6 Å². The molecule has 0 aromatic heterocycles. The van der Waals surface area contributed by atoms with Crippen LogP contribution in [0.1, 0.15) is 29.7 Å². The van der Waals surface area contributed by atoms with Crippen molar-refractivity contribution in [3.8, 4) is 5.75 Å². The standard InChI is InChI=1S/C17H18ClNO/c1-3-20-13-6-4-5-12(9-13)16-10-14-15(18)8-7-11(2)17(14)19-16/h4-9,16,19H,3,10H2,1-2H3. The Kier molecular flexibility index (Phi) is 3.58. The molecule has 3 rings (SSSR count). The quantitative estimate of drug-likeness (QED) is 0.879. The van der Waals surface area contributed by atoms with Crippen molar-refractivity contribution in [1.29, 1.82) is 0 Å². The van der Waals surface area contributed by atoms with Crippen LogP contribution in [0.15, 0.2) is 36.4 Å². The first-order chi connectivity index (χ1) is 9.69. The van der Waals surface area contributed by atoms with Crippen LogP contribution in [-0.2, 0) is 6.42 Å². The summed E-state index contributed by atoms with van der Waals surface area (Å²) >= 11 is 6.31. The molecule has 0 saturated heterocycles. The maximum atomic E-state index is 6.31. The molecule has 0 radical (unpaired) electrons. The summed E-state index contributed by atoms with van der Waals surface area (Å²) in [5, 5.41) is 4.44. The fourth-order valence-corrected chi connectivity index (χ4v) is 2.99. The summed E-state index contributed by atoms with van der Waals surface area (Å²) in [7, 11) is 0. The van der Waals surface area contributed by atoms with Crippen molar-refractivity contribution in [1.82, 2.24) is 0 Å². The van der Waals surface area contributed by atoms with Crippen LogP contribution in [0.3, 0.4) is 0 Å². The second-order valence-corrected chi connectivity index (χ2v) is 5.53. The van der Waals surface area contributed by atoms with E-state index in [2.05, 4.69) is 30.4 Å². The Morgan fingerprint density at radius 3 is 2.90 bits per heavy atom. The fraction of sp³-hybridized carbons (Fsp3) is 0.294. The van der Waals surface area contributed by atoms with Gasteiger partial charge in [0, 0.05) is 17.1 Å². The van der Waals surface area contributed by atoms with E-state index >= 15 is 0 Å². The molecule has 0 aliphatic carbocycles. The van der Waals surface area contributed by atoms with E-state index in [1.54, 1.807) is 0 Å². The smallest absolute Gasteiger partial charge is 0.119 e. The minimum Gasteiger partial charge on any atom is -0.494 e. The Labute approximate surface area is 124 Å². The highest BCUT2D eigenvalue weighted by molar-refractivity contribution is 6.31. The molecule has 1 aliphatic heterocycles. The van der Waals surface area contributed by atoms with Crippen molar-refractivity contribution in [2.24, 2.45) is 0 Å². The fourth-order valence-electron chi connectivity index (χ4n) is 2.76. The van der Waals surface area contributed by atoms with Crippen LogP contribution in [0.25, 0.3) is 0 Å². The molecule has 1 aliphatic rings. The zero-order valence-corrected chi connectivity index (χ0v) is 12.5. The van der Waals surface area contributed by atoms with Crippen LogP contribution in [-0.4, -0.2) is 6.61 Å². The largest absolute Gasteiger partial charge is 0.494 e. The third-order valence-electron chi connectivity index (χ3n) is 3.76. The first-order valence-corrected chi connectivity index (χ1v) is 7.34. The molecule has 0 bridgehead atoms. The lowest BCUT2D eigenvalue weighted by molar-refractivity contribution is 0.339. The molecule has 0 amide bonds. The van der Waals surface area contributed by atoms with Gasteiger partial charge < -0.3 is 10.1 Å². The van der Waals surface area contributed by atoms with Crippen LogP contribution in [0.2, 0.25) is 5.02 Å². The molecule has 20 heavy (non-hydrogen) atoms. The monoisotopic (exact) mass is 287 g/mol. The lowest BCUT2D eigenvalue weighted by atomic mass is 10.0. The van der Waals surface area contributed by atoms with Crippen molar-refractivity contribution >= 4 is 17.3 Å². The summed E-state index contributed by atoms with van der Waals surface area (Å²) < 4.78 is 5.58. The van der Waals surface area contributed by atoms with Crippen molar-refractivity contribution in [2.45, 2.75) is 26.3 Å². The third-order valence-corrected chi connectivity index (χ3v) is 4.12. The summed E-state index contributed by atoms with van der Waals surface area (Å²) in [5.74, 6) is 0.922. The van der Waals surface area contributed by atoms with E-state index in [-0.39, 0.29) is 6.04 Å². The predicted octanol–water partition coefficient (Wildman–Crippen LogP) is 4.76. The Bertz CT molecular complexity index is 608. The SMILES string of the molecule is CCOc1cccc(C2Cc3c(Cl)ccc(C)c3N2)c1. The zero-order valence-electron chi connectivity index (χ0n) is 11.7. The lowest BCUT2D eigenvalue weighted by Gasteiger charge is -2.14. The molecule has 3 heteroatoms. The van der Waals surface area contributed by atoms with Crippen molar-refractivity contribution in [3.05, 3.63) is 58.1 Å². The number of halogens is 1. The van der Waals surface area contributed by atoms with Gasteiger partial charge >= 0.3 is 0 Å². The molecule has 0 saturated carbocycles. The Morgan fingerprint density at radius 2 is 2.15 bits per heavy atom. The van der Waals surface area contributed by atoms with Crippen LogP contribution >= 0.6 is 11.6 Å². The van der Waals surface area contributed by atoms with E-state index in [0.29, 0.717) is 6.61 Å². The minimum atomic E-state index is 0.268. The molecular formula is C17H18ClNO. The second kappa shape index (κ2) is 5.37. The van der Waals surface area contributed by atoms with Gasteiger partial charge in [-0.15, -0.1) is 0 Å². The number of anilines is 1. The Morgan fingerprint density at radius 1 is 1.30 bits per heavy atom. The van der Waals surface area contributed by atoms with E-state index in [1.807, 2.05) is 25.1 Å². The van der Waals surface area contributed by atoms with Gasteiger partial charge in [0.2, 0.25) is 0 Å². The lowest BCUT2D eigenvalue weighted by Crippen LogP contribution is -2.06. The van der Waals surface area contributed by atoms with Gasteiger partial charge in [-0.1, -0.05) is 29.8 Å². The van der Waals surface area contributed by atoms with Gasteiger partial charge in [0.25, 0.3) is 0 Å². The molecular weight excluding hydrogens is 270 g/mol. The maximum Gasteiger partial charge on any atom is 0.119 e. The van der Waals surface area contributed by atoms with Crippen LogP contribution in [0, 0.1) is 6.92 Å². The van der Waals surface area contributed by atoms with Gasteiger partial charge in [-0.3, -0.25) is 0 Å². The van der Waals surface area contributed by atoms with Crippen LogP contribution in [0.4, 0.5) is 5.69 Å². The highest BCUT2D eigenvalue weighted by atomic mass is 35.5. The normalized spacial score (nSPS) is 16.6. The average molecular weight is 288 g/mol. The van der Waals surface area contributed by atoms with Gasteiger partial charge in [-0.05, 0) is 48.7 Å². The number of fused-ring (bicyclic) bond motifs is 1. The summed E-state index contributed by atoms with van der Waals surface area (Å²) in [6, 6.07) is 12.6. The number of benzene rings is 2. The maximum absolute atomic E-state index is 6.31. The van der Waals surface area contributed by atoms with E-state index < -0.39 is 0 Å². The molecule has 2 nitrogen and oxygen atoms in total. The number of nitrogens with one attached hydrogen (secondary N) is 1. The van der Waals surface area contributed by atoms with Crippen molar-refractivity contribution in [3.63, 3.8) is 0 Å². The van der Waals surface area contributed by atoms with Crippen LogP contribution < -0.4 is 10.1 Å². The van der Waals surface area contributed by atoms with E-state index in [1.165, 1.54) is 22.4 Å². The zero-order chi connectivity index (χ0) is 14.1. The molecule has 1 N–H and O–H groups in total. The molecule has 1 heterocycles. The topological polar surface area (TPSA) is 21.3 Å². The Balaban J connectivity index is 1.90. The minimum absolute atomic E-state index is 0.268. The van der Waals surface area contributed by atoms with Crippen LogP contribution in [0.5, 0.6) is 5.75 Å². The number of ether oxygens (including phenoxy) is 1. The molecule has 1 atom stereocenters. The number of aryl methyl sites for hydroxylation is 1. The first kappa shape index (κ1) is 13.3. The van der Waals surface area contributed by atoms with Gasteiger partial charge in [0.1, 0.15) is 5.75 Å². The van der Waals surface area contributed by atoms with Gasteiger partial charge in [-0.2, -0.15) is 0 Å². The van der Waals surface area contributed by atoms with Crippen molar-refractivity contribution < 1.29 is 4.74 Å². The summed E-state index contributed by atoms with van der Waals surface area (Å²) in [6.45, 7) is 4.80. The predicted molar refractivity (Wildman–Crippen MR) is 83.9 cm³/mol. The Hall–Kier alpha value is -1.67. The third kappa shape index (κ3) is 2.36. The number of rotatable bonds is 3. The van der Waals surface area contributed by atoms with Gasteiger partial charge in [0.15, 0.2) is 0 Å². The molecule has 1 unspecified atom stereocenters. The molecule has 0 spiro atoms. The highest BCUT2D eigenvalue weighted by Gasteiger charge is 2.25. The van der Waals surface area contributed by atoms with E-state index in [0.717, 1.165) is 17.2 Å². The number of hydrogen-bond acceptors (Lipinski definition) is 2. The molecule has 2 aromatic rings. The second-order valence-electron chi connectivity index (χ2n) is 5.12. The molecule has 104 valence electrons. The van der Waals surface area contributed by atoms with Gasteiger partial charge in [-0.25, -0.2) is 0 Å². The van der Waals surface area contributed by atoms with Crippen molar-refractivity contribution in [2.75, 3.05) is 11.9 Å². The average Bonchev–Trinajstić information content (AvgIpc) is 2.90. The summed E-state index contributed by atoms with van der Waals surface area (Å²) in [5.41, 5.74) is 4.89. The molecule has 2 aromatic carbocycles. The molecule has 0 fully saturated rings. The van der Waals surface area contributed by atoms with E-state index in [9.17, 15) is 0 Å². The summed E-state index contributed by atoms with van der Waals surface area (Å²) in [4.78, 5) is 0. The number of hydrogen-bond donors (Lipinski definition) is 1. The highest BCUT2D eigenvalue weighted by Crippen LogP contribution is 2.40.